The van der Waals surface area contributed by atoms with Crippen LogP contribution in [0.1, 0.15) is 24.1 Å². The number of halogens is 1. The number of hydrogen-bond acceptors (Lipinski definition) is 3. The maximum Gasteiger partial charge on any atom is 0.174 e. The smallest absolute Gasteiger partial charge is 0.174 e. The monoisotopic (exact) mass is 300 g/mol. The molecule has 0 aliphatic carbocycles. The highest BCUT2D eigenvalue weighted by atomic mass is 35.5. The van der Waals surface area contributed by atoms with E-state index < -0.39 is 0 Å². The fraction of sp³-hybridized carbons (Fsp3) is 0.235. The molecule has 0 bridgehead atoms. The van der Waals surface area contributed by atoms with Crippen molar-refractivity contribution in [3.05, 3.63) is 58.6 Å². The Morgan fingerprint density at radius 1 is 1.24 bits per heavy atom. The largest absolute Gasteiger partial charge is 0.479 e. The van der Waals surface area contributed by atoms with E-state index in [-0.39, 0.29) is 12.6 Å². The standard InChI is InChI=1S/C17H17ClN2O/c1-12-16(18)4-3-5-17(12)20-13(2)14-6-8-15(9-7-14)21-11-10-19/h3-9,13,20H,11H2,1-2H3. The molecule has 0 saturated heterocycles. The summed E-state index contributed by atoms with van der Waals surface area (Å²) in [4.78, 5) is 0. The fourth-order valence-corrected chi connectivity index (χ4v) is 2.22. The van der Waals surface area contributed by atoms with Crippen molar-refractivity contribution < 1.29 is 4.74 Å². The van der Waals surface area contributed by atoms with Gasteiger partial charge in [-0.2, -0.15) is 5.26 Å². The van der Waals surface area contributed by atoms with Crippen molar-refractivity contribution in [2.75, 3.05) is 11.9 Å². The van der Waals surface area contributed by atoms with Gasteiger partial charge in [-0.05, 0) is 49.2 Å². The van der Waals surface area contributed by atoms with Gasteiger partial charge in [-0.3, -0.25) is 0 Å². The molecule has 4 heteroatoms. The molecule has 0 saturated carbocycles. The van der Waals surface area contributed by atoms with Crippen LogP contribution in [0.4, 0.5) is 5.69 Å². The maximum atomic E-state index is 8.49. The SMILES string of the molecule is Cc1c(Cl)cccc1NC(C)c1ccc(OCC#N)cc1. The van der Waals surface area contributed by atoms with Crippen molar-refractivity contribution in [3.8, 4) is 11.8 Å². The number of nitrogens with one attached hydrogen (secondary N) is 1. The van der Waals surface area contributed by atoms with Gasteiger partial charge in [-0.25, -0.2) is 0 Å². The zero-order valence-electron chi connectivity index (χ0n) is 12.1. The van der Waals surface area contributed by atoms with Crippen LogP contribution in [-0.4, -0.2) is 6.61 Å². The number of anilines is 1. The molecular formula is C17H17ClN2O. The fourth-order valence-electron chi connectivity index (χ4n) is 2.05. The van der Waals surface area contributed by atoms with Gasteiger partial charge in [-0.1, -0.05) is 29.8 Å². The molecule has 0 aliphatic heterocycles. The van der Waals surface area contributed by atoms with Crippen LogP contribution in [-0.2, 0) is 0 Å². The second kappa shape index (κ2) is 7.01. The quantitative estimate of drug-likeness (QED) is 0.868. The van der Waals surface area contributed by atoms with E-state index in [1.807, 2.05) is 55.5 Å². The Kier molecular flexibility index (Phi) is 5.08. The zero-order valence-corrected chi connectivity index (χ0v) is 12.8. The first-order valence-electron chi connectivity index (χ1n) is 6.73. The van der Waals surface area contributed by atoms with Gasteiger partial charge in [-0.15, -0.1) is 0 Å². The van der Waals surface area contributed by atoms with Gasteiger partial charge in [0.1, 0.15) is 11.8 Å². The topological polar surface area (TPSA) is 45.0 Å². The average Bonchev–Trinajstić information content (AvgIpc) is 2.50. The minimum Gasteiger partial charge on any atom is -0.479 e. The van der Waals surface area contributed by atoms with E-state index in [1.165, 1.54) is 0 Å². The lowest BCUT2D eigenvalue weighted by atomic mass is 10.1. The normalized spacial score (nSPS) is 11.5. The number of nitriles is 1. The predicted octanol–water partition coefficient (Wildman–Crippen LogP) is 4.72. The van der Waals surface area contributed by atoms with Crippen LogP contribution in [0.2, 0.25) is 5.02 Å². The summed E-state index contributed by atoms with van der Waals surface area (Å²) in [6.45, 7) is 4.15. The Labute approximate surface area is 130 Å². The van der Waals surface area contributed by atoms with Crippen molar-refractivity contribution >= 4 is 17.3 Å². The molecule has 0 aromatic heterocycles. The number of ether oxygens (including phenoxy) is 1. The summed E-state index contributed by atoms with van der Waals surface area (Å²) in [5.74, 6) is 0.700. The highest BCUT2D eigenvalue weighted by molar-refractivity contribution is 6.31. The second-order valence-electron chi connectivity index (χ2n) is 4.79. The van der Waals surface area contributed by atoms with Crippen molar-refractivity contribution in [2.24, 2.45) is 0 Å². The molecule has 2 aromatic carbocycles. The van der Waals surface area contributed by atoms with E-state index in [2.05, 4.69) is 12.2 Å². The molecule has 21 heavy (non-hydrogen) atoms. The molecule has 2 rings (SSSR count). The Morgan fingerprint density at radius 3 is 2.62 bits per heavy atom. The van der Waals surface area contributed by atoms with Crippen LogP contribution in [0.25, 0.3) is 0 Å². The van der Waals surface area contributed by atoms with Gasteiger partial charge in [0.25, 0.3) is 0 Å². The summed E-state index contributed by atoms with van der Waals surface area (Å²) in [5.41, 5.74) is 3.21. The first-order valence-corrected chi connectivity index (χ1v) is 7.11. The van der Waals surface area contributed by atoms with Gasteiger partial charge in [0.15, 0.2) is 6.61 Å². The van der Waals surface area contributed by atoms with Crippen molar-refractivity contribution in [2.45, 2.75) is 19.9 Å². The molecule has 1 N–H and O–H groups in total. The van der Waals surface area contributed by atoms with E-state index in [9.17, 15) is 0 Å². The molecule has 0 radical (unpaired) electrons. The van der Waals surface area contributed by atoms with E-state index in [4.69, 9.17) is 21.6 Å². The number of rotatable bonds is 5. The summed E-state index contributed by atoms with van der Waals surface area (Å²) in [6, 6.07) is 15.7. The van der Waals surface area contributed by atoms with Crippen molar-refractivity contribution in [3.63, 3.8) is 0 Å². The third-order valence-electron chi connectivity index (χ3n) is 3.32. The lowest BCUT2D eigenvalue weighted by molar-refractivity contribution is 0.368. The molecule has 2 aromatic rings. The Bertz CT molecular complexity index is 647. The minimum atomic E-state index is 0.0643. The van der Waals surface area contributed by atoms with Crippen LogP contribution in [0.5, 0.6) is 5.75 Å². The first kappa shape index (κ1) is 15.2. The molecular weight excluding hydrogens is 284 g/mol. The summed E-state index contributed by atoms with van der Waals surface area (Å²) in [6.07, 6.45) is 0. The average molecular weight is 301 g/mol. The summed E-state index contributed by atoms with van der Waals surface area (Å²) in [5, 5.41) is 12.7. The molecule has 1 unspecified atom stereocenters. The number of hydrogen-bond donors (Lipinski definition) is 1. The summed E-state index contributed by atoms with van der Waals surface area (Å²) in [7, 11) is 0. The van der Waals surface area contributed by atoms with E-state index >= 15 is 0 Å². The summed E-state index contributed by atoms with van der Waals surface area (Å²) >= 11 is 6.13. The van der Waals surface area contributed by atoms with E-state index in [1.54, 1.807) is 0 Å². The van der Waals surface area contributed by atoms with Gasteiger partial charge in [0, 0.05) is 16.8 Å². The van der Waals surface area contributed by atoms with Crippen LogP contribution in [0.15, 0.2) is 42.5 Å². The second-order valence-corrected chi connectivity index (χ2v) is 5.20. The predicted molar refractivity (Wildman–Crippen MR) is 85.8 cm³/mol. The van der Waals surface area contributed by atoms with Gasteiger partial charge >= 0.3 is 0 Å². The molecule has 0 fully saturated rings. The lowest BCUT2D eigenvalue weighted by Crippen LogP contribution is -2.07. The molecule has 0 aliphatic rings. The molecule has 108 valence electrons. The number of nitrogens with zero attached hydrogens (tertiary/aromatic N) is 1. The molecule has 0 heterocycles. The minimum absolute atomic E-state index is 0.0643. The number of benzene rings is 2. The maximum absolute atomic E-state index is 8.49. The molecule has 1 atom stereocenters. The third-order valence-corrected chi connectivity index (χ3v) is 3.73. The van der Waals surface area contributed by atoms with Gasteiger partial charge in [0.05, 0.1) is 0 Å². The third kappa shape index (κ3) is 3.90. The van der Waals surface area contributed by atoms with Gasteiger partial charge in [0.2, 0.25) is 0 Å². The van der Waals surface area contributed by atoms with Crippen LogP contribution in [0, 0.1) is 18.3 Å². The van der Waals surface area contributed by atoms with Crippen molar-refractivity contribution in [1.29, 1.82) is 5.26 Å². The Balaban J connectivity index is 2.08. The van der Waals surface area contributed by atoms with E-state index in [0.717, 1.165) is 21.8 Å². The highest BCUT2D eigenvalue weighted by Gasteiger charge is 2.08. The van der Waals surface area contributed by atoms with Gasteiger partial charge < -0.3 is 10.1 Å². The van der Waals surface area contributed by atoms with Crippen LogP contribution < -0.4 is 10.1 Å². The Morgan fingerprint density at radius 2 is 1.95 bits per heavy atom. The lowest BCUT2D eigenvalue weighted by Gasteiger charge is -2.18. The molecule has 3 nitrogen and oxygen atoms in total. The van der Waals surface area contributed by atoms with Crippen LogP contribution >= 0.6 is 11.6 Å². The Hall–Kier alpha value is -2.18. The summed E-state index contributed by atoms with van der Waals surface area (Å²) < 4.78 is 5.24. The first-order chi connectivity index (χ1) is 10.1. The highest BCUT2D eigenvalue weighted by Crippen LogP contribution is 2.27. The van der Waals surface area contributed by atoms with Crippen LogP contribution in [0.3, 0.4) is 0 Å². The molecule has 0 spiro atoms. The van der Waals surface area contributed by atoms with Crippen molar-refractivity contribution in [1.82, 2.24) is 0 Å². The van der Waals surface area contributed by atoms with E-state index in [0.29, 0.717) is 5.75 Å². The zero-order chi connectivity index (χ0) is 15.2. The molecule has 0 amide bonds.